The molecule has 2 rings (SSSR count). The Morgan fingerprint density at radius 2 is 1.90 bits per heavy atom. The molecule has 0 heterocycles. The summed E-state index contributed by atoms with van der Waals surface area (Å²) in [6.07, 6.45) is 0. The van der Waals surface area contributed by atoms with Crippen LogP contribution in [0.2, 0.25) is 5.02 Å². The number of nitrogens with zero attached hydrogens (tertiary/aromatic N) is 1. The summed E-state index contributed by atoms with van der Waals surface area (Å²) in [6.45, 7) is 0.0743. The zero-order valence-electron chi connectivity index (χ0n) is 11.6. The third-order valence-corrected chi connectivity index (χ3v) is 3.61. The van der Waals surface area contributed by atoms with E-state index in [0.717, 1.165) is 0 Å². The highest BCUT2D eigenvalue weighted by Crippen LogP contribution is 2.21. The Labute approximate surface area is 128 Å². The van der Waals surface area contributed by atoms with Gasteiger partial charge in [0.25, 0.3) is 0 Å². The normalized spacial score (nSPS) is 12.0. The summed E-state index contributed by atoms with van der Waals surface area (Å²) in [5.74, 6) is -0.726. The summed E-state index contributed by atoms with van der Waals surface area (Å²) in [4.78, 5) is 13.7. The Balaban J connectivity index is 2.13. The Kier molecular flexibility index (Phi) is 4.94. The summed E-state index contributed by atoms with van der Waals surface area (Å²) >= 11 is 5.97. The highest BCUT2D eigenvalue weighted by molar-refractivity contribution is 6.31. The van der Waals surface area contributed by atoms with Gasteiger partial charge in [0.1, 0.15) is 11.9 Å². The van der Waals surface area contributed by atoms with Crippen LogP contribution in [0.4, 0.5) is 4.39 Å². The topological polar surface area (TPSA) is 46.3 Å². The maximum Gasteiger partial charge on any atom is 0.244 e. The summed E-state index contributed by atoms with van der Waals surface area (Å²) in [5.41, 5.74) is 6.96. The molecule has 0 spiro atoms. The molecule has 0 bridgehead atoms. The van der Waals surface area contributed by atoms with Crippen molar-refractivity contribution in [3.05, 3.63) is 70.5 Å². The fraction of sp³-hybridized carbons (Fsp3) is 0.188. The van der Waals surface area contributed by atoms with Crippen LogP contribution in [0.5, 0.6) is 0 Å². The van der Waals surface area contributed by atoms with E-state index in [-0.39, 0.29) is 18.0 Å². The average Bonchev–Trinajstić information content (AvgIpc) is 2.50. The molecule has 0 unspecified atom stereocenters. The number of hydrogen-bond donors (Lipinski definition) is 1. The van der Waals surface area contributed by atoms with Crippen LogP contribution >= 0.6 is 11.6 Å². The van der Waals surface area contributed by atoms with Gasteiger partial charge in [-0.1, -0.05) is 48.0 Å². The van der Waals surface area contributed by atoms with Crippen molar-refractivity contribution >= 4 is 17.5 Å². The molecule has 2 N–H and O–H groups in total. The summed E-state index contributed by atoms with van der Waals surface area (Å²) in [5, 5.41) is 0.294. The lowest BCUT2D eigenvalue weighted by Crippen LogP contribution is -2.35. The monoisotopic (exact) mass is 306 g/mol. The third kappa shape index (κ3) is 3.60. The van der Waals surface area contributed by atoms with Gasteiger partial charge in [-0.05, 0) is 17.7 Å². The highest BCUT2D eigenvalue weighted by Gasteiger charge is 2.21. The van der Waals surface area contributed by atoms with Gasteiger partial charge in [-0.25, -0.2) is 4.39 Å². The Morgan fingerprint density at radius 1 is 1.24 bits per heavy atom. The minimum Gasteiger partial charge on any atom is -0.340 e. The van der Waals surface area contributed by atoms with Crippen LogP contribution in [-0.2, 0) is 11.3 Å². The van der Waals surface area contributed by atoms with E-state index < -0.39 is 11.9 Å². The molecule has 0 aromatic heterocycles. The van der Waals surface area contributed by atoms with Crippen molar-refractivity contribution in [1.29, 1.82) is 0 Å². The molecule has 5 heteroatoms. The second-order valence-corrected chi connectivity index (χ2v) is 5.19. The Bertz CT molecular complexity index is 613. The molecule has 2 aromatic rings. The van der Waals surface area contributed by atoms with Crippen LogP contribution in [0.3, 0.4) is 0 Å². The third-order valence-electron chi connectivity index (χ3n) is 3.26. The molecule has 2 aromatic carbocycles. The zero-order valence-corrected chi connectivity index (χ0v) is 12.3. The molecule has 0 saturated heterocycles. The maximum absolute atomic E-state index is 13.7. The number of carbonyl (C=O) groups is 1. The molecule has 0 aliphatic carbocycles. The minimum absolute atomic E-state index is 0.0743. The van der Waals surface area contributed by atoms with Crippen molar-refractivity contribution < 1.29 is 9.18 Å². The van der Waals surface area contributed by atoms with E-state index in [0.29, 0.717) is 10.6 Å². The van der Waals surface area contributed by atoms with E-state index >= 15 is 0 Å². The minimum atomic E-state index is -0.776. The molecular formula is C16H16ClFN2O. The van der Waals surface area contributed by atoms with Gasteiger partial charge in [0.2, 0.25) is 5.91 Å². The first-order valence-corrected chi connectivity index (χ1v) is 6.87. The predicted molar refractivity (Wildman–Crippen MR) is 81.3 cm³/mol. The van der Waals surface area contributed by atoms with Gasteiger partial charge in [0, 0.05) is 24.2 Å². The van der Waals surface area contributed by atoms with E-state index in [1.165, 1.54) is 17.0 Å². The van der Waals surface area contributed by atoms with Gasteiger partial charge in [-0.3, -0.25) is 4.79 Å². The number of carbonyl (C=O) groups excluding carboxylic acids is 1. The standard InChI is InChI=1S/C16H16ClFN2O/c1-20(10-12-13(17)8-5-9-14(12)18)16(21)15(19)11-6-3-2-4-7-11/h2-9,15H,10,19H2,1H3/t15-/m0/s1. The van der Waals surface area contributed by atoms with Crippen molar-refractivity contribution in [3.63, 3.8) is 0 Å². The van der Waals surface area contributed by atoms with Crippen LogP contribution in [0.25, 0.3) is 0 Å². The second-order valence-electron chi connectivity index (χ2n) is 4.78. The van der Waals surface area contributed by atoms with Gasteiger partial charge in [0.15, 0.2) is 0 Å². The van der Waals surface area contributed by atoms with Crippen LogP contribution in [-0.4, -0.2) is 17.9 Å². The first-order valence-electron chi connectivity index (χ1n) is 6.49. The van der Waals surface area contributed by atoms with Gasteiger partial charge in [-0.15, -0.1) is 0 Å². The smallest absolute Gasteiger partial charge is 0.244 e. The molecule has 110 valence electrons. The molecular weight excluding hydrogens is 291 g/mol. The fourth-order valence-electron chi connectivity index (χ4n) is 2.04. The molecule has 1 atom stereocenters. The van der Waals surface area contributed by atoms with E-state index in [1.54, 1.807) is 25.2 Å². The van der Waals surface area contributed by atoms with Gasteiger partial charge in [-0.2, -0.15) is 0 Å². The van der Waals surface area contributed by atoms with Crippen LogP contribution in [0.1, 0.15) is 17.2 Å². The van der Waals surface area contributed by atoms with Gasteiger partial charge in [0.05, 0.1) is 0 Å². The van der Waals surface area contributed by atoms with Crippen molar-refractivity contribution in [2.45, 2.75) is 12.6 Å². The molecule has 0 saturated carbocycles. The number of hydrogen-bond acceptors (Lipinski definition) is 2. The van der Waals surface area contributed by atoms with Crippen molar-refractivity contribution in [2.24, 2.45) is 5.73 Å². The second kappa shape index (κ2) is 6.70. The quantitative estimate of drug-likeness (QED) is 0.943. The Hall–Kier alpha value is -1.91. The largest absolute Gasteiger partial charge is 0.340 e. The molecule has 1 amide bonds. The molecule has 0 radical (unpaired) electrons. The number of halogens is 2. The van der Waals surface area contributed by atoms with Crippen LogP contribution < -0.4 is 5.73 Å². The predicted octanol–water partition coefficient (Wildman–Crippen LogP) is 3.14. The summed E-state index contributed by atoms with van der Waals surface area (Å²) in [6, 6.07) is 12.7. The lowest BCUT2D eigenvalue weighted by atomic mass is 10.1. The molecule has 0 aliphatic heterocycles. The summed E-state index contributed by atoms with van der Waals surface area (Å²) < 4.78 is 13.7. The van der Waals surface area contributed by atoms with Gasteiger partial charge >= 0.3 is 0 Å². The number of likely N-dealkylation sites (N-methyl/N-ethyl adjacent to an activating group) is 1. The first-order chi connectivity index (χ1) is 10.0. The molecule has 0 aliphatic rings. The average molecular weight is 307 g/mol. The fourth-order valence-corrected chi connectivity index (χ4v) is 2.26. The molecule has 21 heavy (non-hydrogen) atoms. The summed E-state index contributed by atoms with van der Waals surface area (Å²) in [7, 11) is 1.58. The van der Waals surface area contributed by atoms with Crippen molar-refractivity contribution in [1.82, 2.24) is 4.90 Å². The number of amides is 1. The number of rotatable bonds is 4. The number of nitrogens with two attached hydrogens (primary N) is 1. The maximum atomic E-state index is 13.7. The highest BCUT2D eigenvalue weighted by atomic mass is 35.5. The van der Waals surface area contributed by atoms with E-state index in [9.17, 15) is 9.18 Å². The van der Waals surface area contributed by atoms with Crippen molar-refractivity contribution in [3.8, 4) is 0 Å². The lowest BCUT2D eigenvalue weighted by molar-refractivity contribution is -0.132. The molecule has 3 nitrogen and oxygen atoms in total. The zero-order chi connectivity index (χ0) is 15.4. The first kappa shape index (κ1) is 15.5. The van der Waals surface area contributed by atoms with Crippen molar-refractivity contribution in [2.75, 3.05) is 7.05 Å². The number of benzene rings is 2. The Morgan fingerprint density at radius 3 is 2.52 bits per heavy atom. The van der Waals surface area contributed by atoms with Crippen LogP contribution in [0.15, 0.2) is 48.5 Å². The van der Waals surface area contributed by atoms with E-state index in [2.05, 4.69) is 0 Å². The van der Waals surface area contributed by atoms with Gasteiger partial charge < -0.3 is 10.6 Å². The van der Waals surface area contributed by atoms with E-state index in [1.807, 2.05) is 18.2 Å². The lowest BCUT2D eigenvalue weighted by Gasteiger charge is -2.22. The SMILES string of the molecule is CN(Cc1c(F)cccc1Cl)C(=O)[C@@H](N)c1ccccc1. The van der Waals surface area contributed by atoms with Crippen LogP contribution in [0, 0.1) is 5.82 Å². The van der Waals surface area contributed by atoms with E-state index in [4.69, 9.17) is 17.3 Å². The molecule has 0 fully saturated rings.